The molecule has 1 aliphatic heterocycles. The summed E-state index contributed by atoms with van der Waals surface area (Å²) in [6, 6.07) is 11.2. The Morgan fingerprint density at radius 3 is 2.69 bits per heavy atom. The second-order valence-corrected chi connectivity index (χ2v) is 7.47. The van der Waals surface area contributed by atoms with Crippen LogP contribution in [-0.2, 0) is 13.1 Å². The van der Waals surface area contributed by atoms with Crippen LogP contribution in [0.15, 0.2) is 42.6 Å². The SMILES string of the molecule is Cc1cccc(-n2cc3c(n2)CN(C(=O)c2cc(C#N)ccc2O[C@@H](C)C(F)(F)F)C3)n1. The highest BCUT2D eigenvalue weighted by Crippen LogP contribution is 2.31. The molecule has 1 aliphatic rings. The first-order chi connectivity index (χ1) is 15.2. The van der Waals surface area contributed by atoms with Gasteiger partial charge in [0.2, 0.25) is 0 Å². The average Bonchev–Trinajstić information content (AvgIpc) is 3.32. The van der Waals surface area contributed by atoms with Gasteiger partial charge in [-0.15, -0.1) is 0 Å². The number of benzene rings is 1. The van der Waals surface area contributed by atoms with Gasteiger partial charge in [-0.1, -0.05) is 6.07 Å². The van der Waals surface area contributed by atoms with Gasteiger partial charge in [-0.3, -0.25) is 4.79 Å². The van der Waals surface area contributed by atoms with Crippen LogP contribution in [0.4, 0.5) is 13.2 Å². The molecule has 0 saturated carbocycles. The predicted molar refractivity (Wildman–Crippen MR) is 107 cm³/mol. The van der Waals surface area contributed by atoms with Crippen molar-refractivity contribution in [2.45, 2.75) is 39.2 Å². The summed E-state index contributed by atoms with van der Waals surface area (Å²) in [6.07, 6.45) is -4.92. The van der Waals surface area contributed by atoms with E-state index in [0.717, 1.165) is 18.2 Å². The number of nitriles is 1. The molecule has 0 spiro atoms. The van der Waals surface area contributed by atoms with Gasteiger partial charge in [0, 0.05) is 24.0 Å². The van der Waals surface area contributed by atoms with E-state index in [2.05, 4.69) is 10.1 Å². The van der Waals surface area contributed by atoms with Crippen molar-refractivity contribution in [1.29, 1.82) is 5.26 Å². The van der Waals surface area contributed by atoms with Crippen molar-refractivity contribution in [3.63, 3.8) is 0 Å². The van der Waals surface area contributed by atoms with Crippen LogP contribution in [-0.4, -0.2) is 37.9 Å². The maximum absolute atomic E-state index is 13.1. The number of ether oxygens (including phenoxy) is 1. The Labute approximate surface area is 181 Å². The van der Waals surface area contributed by atoms with Crippen LogP contribution in [0.2, 0.25) is 0 Å². The van der Waals surface area contributed by atoms with Gasteiger partial charge in [0.25, 0.3) is 5.91 Å². The summed E-state index contributed by atoms with van der Waals surface area (Å²) in [7, 11) is 0. The first-order valence-corrected chi connectivity index (χ1v) is 9.74. The number of nitrogens with zero attached hydrogens (tertiary/aromatic N) is 5. The number of pyridine rings is 1. The Morgan fingerprint density at radius 2 is 2.03 bits per heavy atom. The molecule has 7 nitrogen and oxygen atoms in total. The number of aromatic nitrogens is 3. The fraction of sp³-hybridized carbons (Fsp3) is 0.273. The van der Waals surface area contributed by atoms with Crippen LogP contribution in [0.25, 0.3) is 5.82 Å². The Balaban J connectivity index is 1.57. The molecular formula is C22H18F3N5O2. The van der Waals surface area contributed by atoms with Gasteiger partial charge in [-0.2, -0.15) is 23.5 Å². The minimum absolute atomic E-state index is 0.0986. The van der Waals surface area contributed by atoms with E-state index in [9.17, 15) is 18.0 Å². The zero-order valence-corrected chi connectivity index (χ0v) is 17.2. The van der Waals surface area contributed by atoms with Crippen LogP contribution in [0, 0.1) is 18.3 Å². The zero-order valence-electron chi connectivity index (χ0n) is 17.2. The molecule has 3 heterocycles. The molecule has 0 saturated heterocycles. The van der Waals surface area contributed by atoms with E-state index in [0.29, 0.717) is 11.5 Å². The van der Waals surface area contributed by atoms with Gasteiger partial charge in [-0.25, -0.2) is 9.67 Å². The maximum atomic E-state index is 13.1. The lowest BCUT2D eigenvalue weighted by Gasteiger charge is -2.22. The summed E-state index contributed by atoms with van der Waals surface area (Å²) >= 11 is 0. The largest absolute Gasteiger partial charge is 0.480 e. The van der Waals surface area contributed by atoms with Gasteiger partial charge in [-0.05, 0) is 44.2 Å². The molecule has 4 rings (SSSR count). The molecule has 32 heavy (non-hydrogen) atoms. The smallest absolute Gasteiger partial charge is 0.425 e. The van der Waals surface area contributed by atoms with Gasteiger partial charge < -0.3 is 9.64 Å². The minimum Gasteiger partial charge on any atom is -0.480 e. The normalized spacial score (nSPS) is 14.1. The summed E-state index contributed by atoms with van der Waals surface area (Å²) in [5.41, 5.74) is 2.37. The lowest BCUT2D eigenvalue weighted by atomic mass is 10.1. The third-order valence-corrected chi connectivity index (χ3v) is 5.08. The fourth-order valence-corrected chi connectivity index (χ4v) is 3.37. The first-order valence-electron chi connectivity index (χ1n) is 9.74. The molecule has 0 unspecified atom stereocenters. The van der Waals surface area contributed by atoms with Crippen molar-refractivity contribution in [3.05, 3.63) is 70.7 Å². The van der Waals surface area contributed by atoms with Crippen LogP contribution >= 0.6 is 0 Å². The Bertz CT molecular complexity index is 1210. The number of rotatable bonds is 4. The number of alkyl halides is 3. The molecule has 10 heteroatoms. The van der Waals surface area contributed by atoms with Gasteiger partial charge in [0.05, 0.1) is 29.4 Å². The van der Waals surface area contributed by atoms with Gasteiger partial charge >= 0.3 is 6.18 Å². The number of amides is 1. The van der Waals surface area contributed by atoms with Gasteiger partial charge in [0.1, 0.15) is 5.75 Å². The quantitative estimate of drug-likeness (QED) is 0.613. The van der Waals surface area contributed by atoms with Crippen LogP contribution in [0.5, 0.6) is 5.75 Å². The third kappa shape index (κ3) is 4.14. The molecule has 1 atom stereocenters. The minimum atomic E-state index is -4.59. The summed E-state index contributed by atoms with van der Waals surface area (Å²) in [5.74, 6) is -0.113. The molecule has 0 radical (unpaired) electrons. The molecule has 2 aromatic heterocycles. The highest BCUT2D eigenvalue weighted by molar-refractivity contribution is 5.97. The molecule has 164 valence electrons. The van der Waals surface area contributed by atoms with Crippen molar-refractivity contribution in [2.75, 3.05) is 0 Å². The van der Waals surface area contributed by atoms with E-state index in [1.807, 2.05) is 31.2 Å². The Morgan fingerprint density at radius 1 is 1.25 bits per heavy atom. The molecule has 0 fully saturated rings. The summed E-state index contributed by atoms with van der Waals surface area (Å²) in [4.78, 5) is 19.0. The summed E-state index contributed by atoms with van der Waals surface area (Å²) in [6.45, 7) is 3.14. The molecule has 0 bridgehead atoms. The first kappa shape index (κ1) is 21.4. The van der Waals surface area contributed by atoms with Crippen molar-refractivity contribution in [3.8, 4) is 17.6 Å². The van der Waals surface area contributed by atoms with Crippen molar-refractivity contribution in [2.24, 2.45) is 0 Å². The highest BCUT2D eigenvalue weighted by Gasteiger charge is 2.39. The highest BCUT2D eigenvalue weighted by atomic mass is 19.4. The average molecular weight is 441 g/mol. The van der Waals surface area contributed by atoms with Crippen molar-refractivity contribution in [1.82, 2.24) is 19.7 Å². The molecule has 0 N–H and O–H groups in total. The van der Waals surface area contributed by atoms with E-state index in [4.69, 9.17) is 10.00 Å². The van der Waals surface area contributed by atoms with Gasteiger partial charge in [0.15, 0.2) is 11.9 Å². The topological polar surface area (TPSA) is 84.0 Å². The number of carbonyl (C=O) groups excluding carboxylic acids is 1. The number of halogens is 3. The summed E-state index contributed by atoms with van der Waals surface area (Å²) < 4.78 is 45.6. The monoisotopic (exact) mass is 441 g/mol. The molecule has 1 aromatic carbocycles. The fourth-order valence-electron chi connectivity index (χ4n) is 3.37. The lowest BCUT2D eigenvalue weighted by Crippen LogP contribution is -2.32. The van der Waals surface area contributed by atoms with E-state index in [-0.39, 0.29) is 30.0 Å². The number of hydrogen-bond acceptors (Lipinski definition) is 5. The van der Waals surface area contributed by atoms with E-state index in [1.165, 1.54) is 23.1 Å². The maximum Gasteiger partial charge on any atom is 0.425 e. The number of aryl methyl sites for hydroxylation is 1. The predicted octanol–water partition coefficient (Wildman–Crippen LogP) is 3.93. The Hall–Kier alpha value is -3.87. The van der Waals surface area contributed by atoms with E-state index >= 15 is 0 Å². The second kappa shape index (κ2) is 8.00. The second-order valence-electron chi connectivity index (χ2n) is 7.47. The number of carbonyl (C=O) groups is 1. The third-order valence-electron chi connectivity index (χ3n) is 5.08. The van der Waals surface area contributed by atoms with Crippen molar-refractivity contribution >= 4 is 5.91 Å². The Kier molecular flexibility index (Phi) is 5.34. The van der Waals surface area contributed by atoms with E-state index < -0.39 is 18.2 Å². The molecule has 3 aromatic rings. The van der Waals surface area contributed by atoms with Crippen LogP contribution in [0.1, 0.15) is 39.8 Å². The molecule has 0 aliphatic carbocycles. The summed E-state index contributed by atoms with van der Waals surface area (Å²) in [5, 5.41) is 13.7. The van der Waals surface area contributed by atoms with Crippen molar-refractivity contribution < 1.29 is 22.7 Å². The van der Waals surface area contributed by atoms with Crippen LogP contribution in [0.3, 0.4) is 0 Å². The number of fused-ring (bicyclic) bond motifs is 1. The standard InChI is InChI=1S/C22H18F3N5O2/c1-13-4-3-5-20(27-13)30-11-16-10-29(12-18(16)28-30)21(31)17-8-15(9-26)6-7-19(17)32-14(2)22(23,24)25/h3-8,11,14H,10,12H2,1-2H3/t14-/m0/s1. The zero-order chi connectivity index (χ0) is 23.0. The molecular weight excluding hydrogens is 423 g/mol. The number of hydrogen-bond donors (Lipinski definition) is 0. The van der Waals surface area contributed by atoms with Crippen LogP contribution < -0.4 is 4.74 Å². The lowest BCUT2D eigenvalue weighted by molar-refractivity contribution is -0.189. The molecule has 1 amide bonds. The van der Waals surface area contributed by atoms with E-state index in [1.54, 1.807) is 10.9 Å².